The number of anilines is 2. The third-order valence-electron chi connectivity index (χ3n) is 5.77. The molecule has 0 spiro atoms. The van der Waals surface area contributed by atoms with Gasteiger partial charge in [-0.05, 0) is 50.8 Å². The summed E-state index contributed by atoms with van der Waals surface area (Å²) in [4.78, 5) is 48.8. The monoisotopic (exact) mass is 468 g/mol. The third-order valence-corrected chi connectivity index (χ3v) is 6.86. The molecule has 0 saturated carbocycles. The Morgan fingerprint density at radius 2 is 2.09 bits per heavy atom. The fourth-order valence-corrected chi connectivity index (χ4v) is 4.99. The predicted octanol–water partition coefficient (Wildman–Crippen LogP) is 2.46. The Hall–Kier alpha value is -3.27. The lowest BCUT2D eigenvalue weighted by Gasteiger charge is -2.31. The molecule has 174 valence electrons. The molecular weight excluding hydrogens is 440 g/mol. The maximum Gasteiger partial charge on any atom is 0.273 e. The van der Waals surface area contributed by atoms with Crippen molar-refractivity contribution in [1.29, 1.82) is 0 Å². The summed E-state index contributed by atoms with van der Waals surface area (Å²) in [5.41, 5.74) is 2.80. The molecule has 1 aromatic carbocycles. The Morgan fingerprint density at radius 1 is 1.27 bits per heavy atom. The molecule has 1 fully saturated rings. The van der Waals surface area contributed by atoms with Crippen LogP contribution in [0.4, 0.5) is 10.8 Å². The van der Waals surface area contributed by atoms with Crippen LogP contribution in [0, 0.1) is 19.8 Å². The molecule has 0 unspecified atom stereocenters. The van der Waals surface area contributed by atoms with Crippen LogP contribution in [0.2, 0.25) is 0 Å². The fraction of sp³-hybridized carbons (Fsp3) is 0.435. The smallest absolute Gasteiger partial charge is 0.273 e. The number of hydrogen-bond acceptors (Lipinski definition) is 7. The molecule has 3 aromatic rings. The minimum absolute atomic E-state index is 0.0543. The second-order valence-electron chi connectivity index (χ2n) is 8.37. The highest BCUT2D eigenvalue weighted by Gasteiger charge is 2.27. The van der Waals surface area contributed by atoms with Crippen molar-refractivity contribution in [2.75, 3.05) is 29.9 Å². The van der Waals surface area contributed by atoms with E-state index in [1.807, 2.05) is 43.9 Å². The van der Waals surface area contributed by atoms with Crippen molar-refractivity contribution in [3.05, 3.63) is 46.0 Å². The number of benzene rings is 1. The first kappa shape index (κ1) is 22.9. The number of piperidine rings is 1. The fourth-order valence-electron chi connectivity index (χ4n) is 3.98. The van der Waals surface area contributed by atoms with Crippen molar-refractivity contribution in [2.24, 2.45) is 5.92 Å². The molecule has 0 bridgehead atoms. The number of carbonyl (C=O) groups is 2. The molecule has 4 rings (SSSR count). The number of amides is 2. The Balaban J connectivity index is 1.51. The molecule has 33 heavy (non-hydrogen) atoms. The van der Waals surface area contributed by atoms with Crippen molar-refractivity contribution >= 4 is 44.3 Å². The highest BCUT2D eigenvalue weighted by Crippen LogP contribution is 2.29. The summed E-state index contributed by atoms with van der Waals surface area (Å²) in [6.45, 7) is 7.61. The van der Waals surface area contributed by atoms with Crippen LogP contribution in [0.5, 0.6) is 0 Å². The van der Waals surface area contributed by atoms with Gasteiger partial charge < -0.3 is 15.5 Å². The van der Waals surface area contributed by atoms with E-state index in [9.17, 15) is 14.4 Å². The second kappa shape index (κ2) is 9.70. The van der Waals surface area contributed by atoms with Gasteiger partial charge in [-0.25, -0.2) is 4.98 Å². The van der Waals surface area contributed by atoms with Crippen molar-refractivity contribution < 1.29 is 9.59 Å². The minimum Gasteiger partial charge on any atom is -0.356 e. The zero-order valence-corrected chi connectivity index (χ0v) is 19.9. The van der Waals surface area contributed by atoms with Crippen molar-refractivity contribution in [3.63, 3.8) is 0 Å². The third kappa shape index (κ3) is 5.05. The number of thiazole rings is 1. The normalized spacial score (nSPS) is 16.1. The number of fused-ring (bicyclic) bond motifs is 1. The summed E-state index contributed by atoms with van der Waals surface area (Å²) >= 11 is 1.26. The number of carbonyl (C=O) groups excluding carboxylic acids is 2. The van der Waals surface area contributed by atoms with Gasteiger partial charge in [0.2, 0.25) is 11.8 Å². The number of nitrogens with zero attached hydrogens (tertiary/aromatic N) is 4. The molecule has 1 atom stereocenters. The van der Waals surface area contributed by atoms with Crippen molar-refractivity contribution in [2.45, 2.75) is 40.2 Å². The van der Waals surface area contributed by atoms with Crippen LogP contribution in [0.15, 0.2) is 29.3 Å². The molecule has 2 N–H and O–H groups in total. The molecule has 1 saturated heterocycles. The molecule has 10 heteroatoms. The summed E-state index contributed by atoms with van der Waals surface area (Å²) in [6, 6.07) is 5.83. The quantitative estimate of drug-likeness (QED) is 0.575. The van der Waals surface area contributed by atoms with E-state index in [-0.39, 0.29) is 29.8 Å². The molecule has 0 radical (unpaired) electrons. The lowest BCUT2D eigenvalue weighted by Crippen LogP contribution is -2.43. The molecule has 1 aliphatic heterocycles. The minimum atomic E-state index is -0.294. The first-order valence-electron chi connectivity index (χ1n) is 11.1. The Morgan fingerprint density at radius 3 is 2.88 bits per heavy atom. The molecule has 9 nitrogen and oxygen atoms in total. The van der Waals surface area contributed by atoms with Gasteiger partial charge in [0.1, 0.15) is 17.6 Å². The Bertz CT molecular complexity index is 1250. The summed E-state index contributed by atoms with van der Waals surface area (Å²) in [5, 5.41) is 6.44. The average Bonchev–Trinajstić information content (AvgIpc) is 3.24. The average molecular weight is 469 g/mol. The molecular formula is C23H28N6O3S. The second-order valence-corrected chi connectivity index (χ2v) is 9.35. The predicted molar refractivity (Wildman–Crippen MR) is 130 cm³/mol. The lowest BCUT2D eigenvalue weighted by molar-refractivity contribution is -0.125. The van der Waals surface area contributed by atoms with Gasteiger partial charge in [0, 0.05) is 25.3 Å². The van der Waals surface area contributed by atoms with Crippen LogP contribution in [0.25, 0.3) is 10.3 Å². The number of aromatic nitrogens is 3. The first-order chi connectivity index (χ1) is 15.9. The molecule has 2 aromatic heterocycles. The van der Waals surface area contributed by atoms with Crippen LogP contribution < -0.4 is 21.1 Å². The lowest BCUT2D eigenvalue weighted by atomic mass is 9.97. The Labute approximate surface area is 195 Å². The van der Waals surface area contributed by atoms with Gasteiger partial charge in [0.05, 0.1) is 5.92 Å². The van der Waals surface area contributed by atoms with Gasteiger partial charge in [-0.1, -0.05) is 23.5 Å². The van der Waals surface area contributed by atoms with Crippen LogP contribution >= 0.6 is 11.3 Å². The summed E-state index contributed by atoms with van der Waals surface area (Å²) in [5.74, 6) is -0.333. The van der Waals surface area contributed by atoms with Crippen molar-refractivity contribution in [3.8, 4) is 0 Å². The molecule has 1 aliphatic rings. The van der Waals surface area contributed by atoms with E-state index >= 15 is 0 Å². The van der Waals surface area contributed by atoms with Gasteiger partial charge in [-0.2, -0.15) is 4.98 Å². The zero-order chi connectivity index (χ0) is 23.5. The van der Waals surface area contributed by atoms with E-state index in [4.69, 9.17) is 0 Å². The van der Waals surface area contributed by atoms with Gasteiger partial charge in [-0.3, -0.25) is 19.0 Å². The Kier molecular flexibility index (Phi) is 6.73. The zero-order valence-electron chi connectivity index (χ0n) is 19.1. The van der Waals surface area contributed by atoms with E-state index < -0.39 is 0 Å². The maximum atomic E-state index is 13.0. The maximum absolute atomic E-state index is 13.0. The molecule has 2 amide bonds. The van der Waals surface area contributed by atoms with E-state index in [0.29, 0.717) is 28.6 Å². The van der Waals surface area contributed by atoms with Gasteiger partial charge in [0.15, 0.2) is 10.8 Å². The van der Waals surface area contributed by atoms with Gasteiger partial charge in [0.25, 0.3) is 5.56 Å². The number of hydrogen-bond donors (Lipinski definition) is 2. The number of rotatable bonds is 6. The van der Waals surface area contributed by atoms with Crippen LogP contribution in [0.1, 0.15) is 30.9 Å². The topological polar surface area (TPSA) is 109 Å². The van der Waals surface area contributed by atoms with E-state index in [1.165, 1.54) is 22.2 Å². The van der Waals surface area contributed by atoms with Crippen molar-refractivity contribution in [1.82, 2.24) is 19.9 Å². The van der Waals surface area contributed by atoms with Crippen LogP contribution in [-0.4, -0.2) is 46.0 Å². The highest BCUT2D eigenvalue weighted by atomic mass is 32.1. The summed E-state index contributed by atoms with van der Waals surface area (Å²) in [7, 11) is 0. The SMILES string of the molecule is CCNC(=O)[C@H]1CCCN(c2nc3ncn(CC(=O)Nc4cc(C)ccc4C)c(=O)c3s2)C1. The van der Waals surface area contributed by atoms with Crippen LogP contribution in [-0.2, 0) is 16.1 Å². The van der Waals surface area contributed by atoms with Gasteiger partial charge in [-0.15, -0.1) is 0 Å². The number of nitrogens with one attached hydrogen (secondary N) is 2. The van der Waals surface area contributed by atoms with Crippen LogP contribution in [0.3, 0.4) is 0 Å². The highest BCUT2D eigenvalue weighted by molar-refractivity contribution is 7.22. The van der Waals surface area contributed by atoms with Gasteiger partial charge >= 0.3 is 0 Å². The number of aryl methyl sites for hydroxylation is 2. The largest absolute Gasteiger partial charge is 0.356 e. The standard InChI is InChI=1S/C23H28N6O3S/c1-4-24-21(31)16-6-5-9-28(11-16)23-27-20-19(33-23)22(32)29(13-25-20)12-18(30)26-17-10-14(2)7-8-15(17)3/h7-8,10,13,16H,4-6,9,11-12H2,1-3H3,(H,24,31)(H,26,30)/t16-/m0/s1. The molecule has 3 heterocycles. The van der Waals surface area contributed by atoms with E-state index in [0.717, 1.165) is 36.2 Å². The summed E-state index contributed by atoms with van der Waals surface area (Å²) < 4.78 is 1.71. The first-order valence-corrected chi connectivity index (χ1v) is 11.9. The van der Waals surface area contributed by atoms with E-state index in [2.05, 4.69) is 20.6 Å². The molecule has 0 aliphatic carbocycles. The van der Waals surface area contributed by atoms with E-state index in [1.54, 1.807) is 0 Å². The summed E-state index contributed by atoms with van der Waals surface area (Å²) in [6.07, 6.45) is 3.09.